The summed E-state index contributed by atoms with van der Waals surface area (Å²) < 4.78 is 5.41. The van der Waals surface area contributed by atoms with Gasteiger partial charge in [0.1, 0.15) is 5.60 Å². The number of aliphatic hydroxyl groups excluding tert-OH is 2. The molecule has 0 bridgehead atoms. The lowest BCUT2D eigenvalue weighted by Gasteiger charge is -2.36. The molecule has 5 nitrogen and oxygen atoms in total. The van der Waals surface area contributed by atoms with E-state index in [0.717, 1.165) is 0 Å². The van der Waals surface area contributed by atoms with Crippen LogP contribution in [0, 0.1) is 0 Å². The molecule has 0 heterocycles. The maximum Gasteiger partial charge on any atom is 0.410 e. The van der Waals surface area contributed by atoms with Crippen molar-refractivity contribution in [1.29, 1.82) is 0 Å². The van der Waals surface area contributed by atoms with Gasteiger partial charge in [0.15, 0.2) is 0 Å². The summed E-state index contributed by atoms with van der Waals surface area (Å²) in [5.41, 5.74) is -0.0671. The van der Waals surface area contributed by atoms with E-state index >= 15 is 0 Å². The summed E-state index contributed by atoms with van der Waals surface area (Å²) in [5.74, 6) is 0. The largest absolute Gasteiger partial charge is 0.444 e. The van der Waals surface area contributed by atoms with Gasteiger partial charge in [-0.2, -0.15) is 0 Å². The van der Waals surface area contributed by atoms with E-state index < -0.39 is 23.8 Å². The van der Waals surface area contributed by atoms with Gasteiger partial charge in [0.2, 0.25) is 0 Å². The van der Waals surface area contributed by atoms with Gasteiger partial charge in [-0.1, -0.05) is 36.2 Å². The summed E-state index contributed by atoms with van der Waals surface area (Å²) in [6, 6.07) is 4.22. The molecule has 0 saturated heterocycles. The molecule has 0 aliphatic rings. The van der Waals surface area contributed by atoms with E-state index in [1.165, 1.54) is 4.90 Å². The van der Waals surface area contributed by atoms with Gasteiger partial charge in [0, 0.05) is 6.54 Å². The van der Waals surface area contributed by atoms with Crippen molar-refractivity contribution in [1.82, 2.24) is 4.90 Å². The van der Waals surface area contributed by atoms with E-state index in [1.54, 1.807) is 45.9 Å². The molecule has 0 saturated carbocycles. The smallest absolute Gasteiger partial charge is 0.410 e. The quantitative estimate of drug-likeness (QED) is 0.784. The molecule has 7 heteroatoms. The SMILES string of the molecule is CC[C@@H](O)C(c1ccc(Cl)c(Cl)c1)N(CCO)C(=O)OC(C)(C)C. The molecule has 2 N–H and O–H groups in total. The first-order chi connectivity index (χ1) is 11.1. The molecule has 0 spiro atoms. The molecule has 1 rings (SSSR count). The van der Waals surface area contributed by atoms with Crippen LogP contribution in [0.5, 0.6) is 0 Å². The van der Waals surface area contributed by atoms with Crippen molar-refractivity contribution < 1.29 is 19.7 Å². The number of aliphatic hydroxyl groups is 2. The molecule has 136 valence electrons. The molecular formula is C17H25Cl2NO4. The van der Waals surface area contributed by atoms with Gasteiger partial charge in [-0.3, -0.25) is 4.90 Å². The van der Waals surface area contributed by atoms with Gasteiger partial charge >= 0.3 is 6.09 Å². The summed E-state index contributed by atoms with van der Waals surface area (Å²) in [5, 5.41) is 20.5. The van der Waals surface area contributed by atoms with Crippen molar-refractivity contribution in [2.75, 3.05) is 13.2 Å². The third-order valence-electron chi connectivity index (χ3n) is 3.37. The second-order valence-electron chi connectivity index (χ2n) is 6.49. The molecule has 2 atom stereocenters. The molecule has 0 radical (unpaired) electrons. The molecule has 24 heavy (non-hydrogen) atoms. The van der Waals surface area contributed by atoms with Gasteiger partial charge < -0.3 is 14.9 Å². The van der Waals surface area contributed by atoms with Crippen molar-refractivity contribution in [3.63, 3.8) is 0 Å². The minimum absolute atomic E-state index is 0.0247. The lowest BCUT2D eigenvalue weighted by molar-refractivity contribution is -0.0116. The van der Waals surface area contributed by atoms with Crippen molar-refractivity contribution in [2.45, 2.75) is 51.9 Å². The van der Waals surface area contributed by atoms with Crippen molar-refractivity contribution in [3.05, 3.63) is 33.8 Å². The van der Waals surface area contributed by atoms with Gasteiger partial charge in [-0.05, 0) is 44.9 Å². The predicted octanol–water partition coefficient (Wildman–Crippen LogP) is 4.03. The Balaban J connectivity index is 3.26. The second-order valence-corrected chi connectivity index (χ2v) is 7.31. The number of carbonyl (C=O) groups excluding carboxylic acids is 1. The van der Waals surface area contributed by atoms with E-state index in [2.05, 4.69) is 0 Å². The number of nitrogens with zero attached hydrogens (tertiary/aromatic N) is 1. The van der Waals surface area contributed by atoms with Crippen LogP contribution < -0.4 is 0 Å². The Kier molecular flexibility index (Phi) is 7.80. The van der Waals surface area contributed by atoms with Gasteiger partial charge in [0.25, 0.3) is 0 Å². The van der Waals surface area contributed by atoms with Crippen molar-refractivity contribution in [2.24, 2.45) is 0 Å². The van der Waals surface area contributed by atoms with Crippen LogP contribution in [-0.4, -0.2) is 46.1 Å². The molecule has 0 aliphatic carbocycles. The standard InChI is InChI=1S/C17H25Cl2NO4/c1-5-14(22)15(11-6-7-12(18)13(19)10-11)20(8-9-21)16(23)24-17(2,3)4/h6-7,10,14-15,21-22H,5,8-9H2,1-4H3/t14-,15?/m1/s1. The van der Waals surface area contributed by atoms with E-state index in [0.29, 0.717) is 22.0 Å². The number of ether oxygens (including phenoxy) is 1. The second kappa shape index (κ2) is 8.90. The lowest BCUT2D eigenvalue weighted by Crippen LogP contribution is -2.44. The zero-order valence-electron chi connectivity index (χ0n) is 14.4. The molecule has 1 unspecified atom stereocenters. The van der Waals surface area contributed by atoms with Crippen LogP contribution in [0.3, 0.4) is 0 Å². The summed E-state index contributed by atoms with van der Waals surface area (Å²) >= 11 is 12.0. The summed E-state index contributed by atoms with van der Waals surface area (Å²) in [4.78, 5) is 13.9. The van der Waals surface area contributed by atoms with Crippen LogP contribution in [0.1, 0.15) is 45.7 Å². The number of hydrogen-bond donors (Lipinski definition) is 2. The van der Waals surface area contributed by atoms with E-state index in [-0.39, 0.29) is 13.2 Å². The Morgan fingerprint density at radius 1 is 1.29 bits per heavy atom. The number of hydrogen-bond acceptors (Lipinski definition) is 4. The summed E-state index contributed by atoms with van der Waals surface area (Å²) in [6.07, 6.45) is -1.04. The molecule has 1 amide bonds. The Bertz CT molecular complexity index is 560. The maximum absolute atomic E-state index is 12.6. The van der Waals surface area contributed by atoms with Crippen LogP contribution in [0.15, 0.2) is 18.2 Å². The maximum atomic E-state index is 12.6. The molecule has 0 aromatic heterocycles. The Hall–Kier alpha value is -1.01. The highest BCUT2D eigenvalue weighted by atomic mass is 35.5. The minimum Gasteiger partial charge on any atom is -0.444 e. The molecule has 0 aliphatic heterocycles. The molecular weight excluding hydrogens is 353 g/mol. The van der Waals surface area contributed by atoms with Crippen LogP contribution in [0.4, 0.5) is 4.79 Å². The number of benzene rings is 1. The van der Waals surface area contributed by atoms with Gasteiger partial charge in [0.05, 0.1) is 28.8 Å². The first-order valence-corrected chi connectivity index (χ1v) is 8.59. The van der Waals surface area contributed by atoms with Gasteiger partial charge in [-0.25, -0.2) is 4.79 Å². The van der Waals surface area contributed by atoms with Crippen LogP contribution in [0.25, 0.3) is 0 Å². The lowest BCUT2D eigenvalue weighted by atomic mass is 9.98. The average molecular weight is 378 g/mol. The topological polar surface area (TPSA) is 70.0 Å². The summed E-state index contributed by atoms with van der Waals surface area (Å²) in [7, 11) is 0. The highest BCUT2D eigenvalue weighted by Crippen LogP contribution is 2.32. The van der Waals surface area contributed by atoms with E-state index in [4.69, 9.17) is 27.9 Å². The monoisotopic (exact) mass is 377 g/mol. The zero-order chi connectivity index (χ0) is 18.5. The van der Waals surface area contributed by atoms with Crippen molar-refractivity contribution >= 4 is 29.3 Å². The Morgan fingerprint density at radius 3 is 2.38 bits per heavy atom. The number of halogens is 2. The van der Waals surface area contributed by atoms with E-state index in [1.807, 2.05) is 0 Å². The fraction of sp³-hybridized carbons (Fsp3) is 0.588. The first-order valence-electron chi connectivity index (χ1n) is 7.84. The minimum atomic E-state index is -0.846. The molecule has 1 aromatic carbocycles. The average Bonchev–Trinajstić information content (AvgIpc) is 2.48. The zero-order valence-corrected chi connectivity index (χ0v) is 15.9. The number of carbonyl (C=O) groups is 1. The number of rotatable bonds is 6. The summed E-state index contributed by atoms with van der Waals surface area (Å²) in [6.45, 7) is 6.84. The van der Waals surface area contributed by atoms with Crippen LogP contribution in [-0.2, 0) is 4.74 Å². The van der Waals surface area contributed by atoms with Crippen LogP contribution in [0.2, 0.25) is 10.0 Å². The normalized spacial score (nSPS) is 14.2. The van der Waals surface area contributed by atoms with Gasteiger partial charge in [-0.15, -0.1) is 0 Å². The van der Waals surface area contributed by atoms with Crippen LogP contribution >= 0.6 is 23.2 Å². The highest BCUT2D eigenvalue weighted by Gasteiger charge is 2.33. The highest BCUT2D eigenvalue weighted by molar-refractivity contribution is 6.42. The number of amides is 1. The Morgan fingerprint density at radius 2 is 1.92 bits per heavy atom. The fourth-order valence-electron chi connectivity index (χ4n) is 2.30. The molecule has 1 aromatic rings. The molecule has 0 fully saturated rings. The fourth-order valence-corrected chi connectivity index (χ4v) is 2.61. The van der Waals surface area contributed by atoms with Crippen molar-refractivity contribution in [3.8, 4) is 0 Å². The first kappa shape index (κ1) is 21.0. The predicted molar refractivity (Wildman–Crippen MR) is 95.5 cm³/mol. The van der Waals surface area contributed by atoms with E-state index in [9.17, 15) is 15.0 Å². The Labute approximate surface area is 153 Å². The third-order valence-corrected chi connectivity index (χ3v) is 4.11. The third kappa shape index (κ3) is 5.81.